The average Bonchev–Trinajstić information content (AvgIpc) is 3.16. The Kier molecular flexibility index (Phi) is 5.79. The van der Waals surface area contributed by atoms with Gasteiger partial charge in [0.2, 0.25) is 5.89 Å². The van der Waals surface area contributed by atoms with Crippen molar-refractivity contribution in [2.75, 3.05) is 7.11 Å². The molecule has 0 fully saturated rings. The van der Waals surface area contributed by atoms with Crippen LogP contribution in [0.4, 0.5) is 0 Å². The first-order valence-electron chi connectivity index (χ1n) is 9.40. The first-order valence-corrected chi connectivity index (χ1v) is 9.40. The van der Waals surface area contributed by atoms with Crippen molar-refractivity contribution in [1.29, 1.82) is 5.26 Å². The van der Waals surface area contributed by atoms with Crippen molar-refractivity contribution in [3.63, 3.8) is 0 Å². The van der Waals surface area contributed by atoms with Crippen LogP contribution in [0.15, 0.2) is 34.9 Å². The third-order valence-electron chi connectivity index (χ3n) is 4.62. The molecule has 2 aromatic heterocycles. The van der Waals surface area contributed by atoms with E-state index in [9.17, 15) is 10.1 Å². The van der Waals surface area contributed by atoms with Crippen molar-refractivity contribution in [1.82, 2.24) is 9.97 Å². The van der Waals surface area contributed by atoms with Gasteiger partial charge in [-0.15, -0.1) is 0 Å². The molecule has 0 N–H and O–H groups in total. The normalized spacial score (nSPS) is 10.8. The van der Waals surface area contributed by atoms with Crippen LogP contribution < -0.4 is 0 Å². The number of nitriles is 1. The summed E-state index contributed by atoms with van der Waals surface area (Å²) in [5, 5.41) is 10.0. The van der Waals surface area contributed by atoms with E-state index in [1.54, 1.807) is 0 Å². The van der Waals surface area contributed by atoms with Gasteiger partial charge in [0.15, 0.2) is 5.69 Å². The maximum atomic E-state index is 11.8. The molecule has 0 saturated heterocycles. The summed E-state index contributed by atoms with van der Waals surface area (Å²) in [6, 6.07) is 10.3. The standard InChI is InChI=1S/C23H23N3O3/c1-13(2)10-18-17(11-24)21(16-8-6-14(3)7-9-16)20(15(4)25-18)22-26-19(12-29-22)23(27)28-5/h6-9,12-13H,10H2,1-5H3. The van der Waals surface area contributed by atoms with Gasteiger partial charge in [0.05, 0.1) is 29.6 Å². The number of methoxy groups -OCH3 is 1. The molecule has 6 heteroatoms. The Bertz CT molecular complexity index is 1090. The van der Waals surface area contributed by atoms with E-state index in [1.807, 2.05) is 38.1 Å². The van der Waals surface area contributed by atoms with Gasteiger partial charge in [0.1, 0.15) is 12.3 Å². The van der Waals surface area contributed by atoms with Crippen LogP contribution in [0.3, 0.4) is 0 Å². The summed E-state index contributed by atoms with van der Waals surface area (Å²) in [7, 11) is 1.29. The fourth-order valence-corrected chi connectivity index (χ4v) is 3.28. The Hall–Kier alpha value is -3.46. The largest absolute Gasteiger partial charge is 0.464 e. The number of oxazole rings is 1. The second-order valence-electron chi connectivity index (χ2n) is 7.37. The maximum Gasteiger partial charge on any atom is 0.360 e. The zero-order valence-corrected chi connectivity index (χ0v) is 17.2. The second-order valence-corrected chi connectivity index (χ2v) is 7.37. The minimum atomic E-state index is -0.584. The monoisotopic (exact) mass is 389 g/mol. The molecule has 148 valence electrons. The second kappa shape index (κ2) is 8.27. The Morgan fingerprint density at radius 1 is 1.17 bits per heavy atom. The molecule has 0 bridgehead atoms. The SMILES string of the molecule is COC(=O)c1coc(-c2c(C)nc(CC(C)C)c(C#N)c2-c2ccc(C)cc2)n1. The molecule has 6 nitrogen and oxygen atoms in total. The van der Waals surface area contributed by atoms with Crippen molar-refractivity contribution in [3.8, 4) is 28.7 Å². The van der Waals surface area contributed by atoms with Gasteiger partial charge in [-0.05, 0) is 31.7 Å². The summed E-state index contributed by atoms with van der Waals surface area (Å²) < 4.78 is 10.3. The van der Waals surface area contributed by atoms with Gasteiger partial charge < -0.3 is 9.15 Å². The molecule has 3 rings (SSSR count). The Morgan fingerprint density at radius 3 is 2.45 bits per heavy atom. The lowest BCUT2D eigenvalue weighted by atomic mass is 9.90. The summed E-state index contributed by atoms with van der Waals surface area (Å²) in [5.41, 5.74) is 5.32. The first-order chi connectivity index (χ1) is 13.8. The Labute approximate surface area is 170 Å². The van der Waals surface area contributed by atoms with E-state index in [1.165, 1.54) is 13.4 Å². The Balaban J connectivity index is 2.32. The number of rotatable bonds is 5. The average molecular weight is 389 g/mol. The molecular formula is C23H23N3O3. The quantitative estimate of drug-likeness (QED) is 0.578. The minimum absolute atomic E-state index is 0.0709. The number of carbonyl (C=O) groups is 1. The topological polar surface area (TPSA) is 89.0 Å². The van der Waals surface area contributed by atoms with Gasteiger partial charge >= 0.3 is 5.97 Å². The van der Waals surface area contributed by atoms with Gasteiger partial charge in [-0.1, -0.05) is 43.7 Å². The van der Waals surface area contributed by atoms with Crippen molar-refractivity contribution in [2.24, 2.45) is 5.92 Å². The van der Waals surface area contributed by atoms with Gasteiger partial charge in [-0.25, -0.2) is 9.78 Å². The lowest BCUT2D eigenvalue weighted by molar-refractivity contribution is 0.0594. The first kappa shape index (κ1) is 20.3. The van der Waals surface area contributed by atoms with Crippen LogP contribution in [-0.2, 0) is 11.2 Å². The van der Waals surface area contributed by atoms with Crippen molar-refractivity contribution >= 4 is 5.97 Å². The van der Waals surface area contributed by atoms with Crippen molar-refractivity contribution in [3.05, 3.63) is 58.7 Å². The number of aromatic nitrogens is 2. The van der Waals surface area contributed by atoms with Crippen LogP contribution in [0.25, 0.3) is 22.6 Å². The maximum absolute atomic E-state index is 11.8. The summed E-state index contributed by atoms with van der Waals surface area (Å²) in [4.78, 5) is 20.8. The fourth-order valence-electron chi connectivity index (χ4n) is 3.28. The van der Waals surface area contributed by atoms with Crippen molar-refractivity contribution in [2.45, 2.75) is 34.1 Å². The number of ether oxygens (including phenoxy) is 1. The predicted molar refractivity (Wildman–Crippen MR) is 109 cm³/mol. The number of nitrogens with zero attached hydrogens (tertiary/aromatic N) is 3. The summed E-state index contributed by atoms with van der Waals surface area (Å²) in [6.07, 6.45) is 1.94. The number of esters is 1. The minimum Gasteiger partial charge on any atom is -0.464 e. The van der Waals surface area contributed by atoms with Crippen LogP contribution in [0.2, 0.25) is 0 Å². The molecule has 1 aromatic carbocycles. The number of hydrogen-bond acceptors (Lipinski definition) is 6. The molecule has 0 aliphatic carbocycles. The van der Waals surface area contributed by atoms with E-state index in [0.717, 1.165) is 16.8 Å². The summed E-state index contributed by atoms with van der Waals surface area (Å²) >= 11 is 0. The number of hydrogen-bond donors (Lipinski definition) is 0. The van der Waals surface area contributed by atoms with E-state index in [4.69, 9.17) is 14.1 Å². The number of carbonyl (C=O) groups excluding carboxylic acids is 1. The van der Waals surface area contributed by atoms with E-state index in [-0.39, 0.29) is 11.6 Å². The van der Waals surface area contributed by atoms with Crippen LogP contribution in [0.5, 0.6) is 0 Å². The lowest BCUT2D eigenvalue weighted by Gasteiger charge is -2.16. The lowest BCUT2D eigenvalue weighted by Crippen LogP contribution is -2.07. The van der Waals surface area contributed by atoms with E-state index >= 15 is 0 Å². The number of aryl methyl sites for hydroxylation is 2. The van der Waals surface area contributed by atoms with Gasteiger partial charge in [0.25, 0.3) is 0 Å². The summed E-state index contributed by atoms with van der Waals surface area (Å²) in [5.74, 6) is -0.00335. The molecule has 0 radical (unpaired) electrons. The van der Waals surface area contributed by atoms with Crippen LogP contribution in [0.1, 0.15) is 46.9 Å². The van der Waals surface area contributed by atoms with E-state index < -0.39 is 5.97 Å². The number of benzene rings is 1. The molecule has 0 aliphatic rings. The molecule has 0 unspecified atom stereocenters. The molecule has 3 aromatic rings. The van der Waals surface area contributed by atoms with Gasteiger partial charge in [0, 0.05) is 5.56 Å². The van der Waals surface area contributed by atoms with Crippen LogP contribution in [0, 0.1) is 31.1 Å². The molecule has 0 atom stereocenters. The summed E-state index contributed by atoms with van der Waals surface area (Å²) in [6.45, 7) is 8.05. The van der Waals surface area contributed by atoms with Gasteiger partial charge in [-0.2, -0.15) is 5.26 Å². The number of pyridine rings is 1. The highest BCUT2D eigenvalue weighted by Gasteiger charge is 2.25. The van der Waals surface area contributed by atoms with E-state index in [0.29, 0.717) is 34.7 Å². The Morgan fingerprint density at radius 2 is 1.86 bits per heavy atom. The van der Waals surface area contributed by atoms with E-state index in [2.05, 4.69) is 24.9 Å². The van der Waals surface area contributed by atoms with Gasteiger partial charge in [-0.3, -0.25) is 4.98 Å². The molecule has 0 saturated carbocycles. The van der Waals surface area contributed by atoms with Crippen molar-refractivity contribution < 1.29 is 13.9 Å². The third-order valence-corrected chi connectivity index (χ3v) is 4.62. The predicted octanol–water partition coefficient (Wildman–Crippen LogP) is 4.88. The van der Waals surface area contributed by atoms with Crippen LogP contribution >= 0.6 is 0 Å². The molecule has 29 heavy (non-hydrogen) atoms. The van der Waals surface area contributed by atoms with Crippen LogP contribution in [-0.4, -0.2) is 23.0 Å². The zero-order valence-electron chi connectivity index (χ0n) is 17.2. The highest BCUT2D eigenvalue weighted by molar-refractivity contribution is 5.90. The molecule has 2 heterocycles. The smallest absolute Gasteiger partial charge is 0.360 e. The third kappa shape index (κ3) is 4.04. The highest BCUT2D eigenvalue weighted by atomic mass is 16.5. The fraction of sp³-hybridized carbons (Fsp3) is 0.304. The highest BCUT2D eigenvalue weighted by Crippen LogP contribution is 2.38. The molecular weight excluding hydrogens is 366 g/mol. The molecule has 0 aliphatic heterocycles. The molecule has 0 amide bonds. The molecule has 0 spiro atoms. The zero-order chi connectivity index (χ0) is 21.1.